The minimum absolute atomic E-state index is 0.0132. The van der Waals surface area contributed by atoms with Gasteiger partial charge in [0.1, 0.15) is 6.54 Å². The number of para-hydroxylation sites is 2. The van der Waals surface area contributed by atoms with E-state index in [-0.39, 0.29) is 18.5 Å². The Morgan fingerprint density at radius 2 is 1.73 bits per heavy atom. The maximum Gasteiger partial charge on any atom is 0.248 e. The van der Waals surface area contributed by atoms with Crippen molar-refractivity contribution in [3.05, 3.63) is 59.2 Å². The summed E-state index contributed by atoms with van der Waals surface area (Å²) in [5.74, 6) is -0.212. The van der Waals surface area contributed by atoms with Crippen molar-refractivity contribution >= 4 is 27.3 Å². The minimum atomic E-state index is -3.60. The smallest absolute Gasteiger partial charge is 0.248 e. The number of amides is 1. The van der Waals surface area contributed by atoms with Crippen LogP contribution >= 0.6 is 0 Å². The summed E-state index contributed by atoms with van der Waals surface area (Å²) in [5.41, 5.74) is 4.24. The second-order valence-corrected chi connectivity index (χ2v) is 8.86. The first-order valence-corrected chi connectivity index (χ1v) is 10.5. The molecule has 1 atom stereocenters. The molecule has 6 heteroatoms. The van der Waals surface area contributed by atoms with Gasteiger partial charge >= 0.3 is 0 Å². The number of sulfonamides is 1. The zero-order valence-corrected chi connectivity index (χ0v) is 16.4. The third kappa shape index (κ3) is 3.33. The third-order valence-corrected chi connectivity index (χ3v) is 5.96. The van der Waals surface area contributed by atoms with E-state index in [1.165, 1.54) is 4.31 Å². The van der Waals surface area contributed by atoms with Gasteiger partial charge in [0.25, 0.3) is 0 Å². The second-order valence-electron chi connectivity index (χ2n) is 6.96. The van der Waals surface area contributed by atoms with E-state index >= 15 is 0 Å². The Morgan fingerprint density at radius 3 is 2.35 bits per heavy atom. The number of hydrogen-bond donors (Lipinski definition) is 0. The van der Waals surface area contributed by atoms with Gasteiger partial charge in [-0.25, -0.2) is 8.42 Å². The van der Waals surface area contributed by atoms with Crippen LogP contribution in [0.5, 0.6) is 0 Å². The third-order valence-electron chi connectivity index (χ3n) is 4.84. The highest BCUT2D eigenvalue weighted by Crippen LogP contribution is 2.33. The molecule has 26 heavy (non-hydrogen) atoms. The lowest BCUT2D eigenvalue weighted by Crippen LogP contribution is -2.45. The van der Waals surface area contributed by atoms with E-state index in [4.69, 9.17) is 0 Å². The molecule has 2 aromatic carbocycles. The highest BCUT2D eigenvalue weighted by atomic mass is 32.2. The van der Waals surface area contributed by atoms with Gasteiger partial charge in [-0.05, 0) is 49.9 Å². The Balaban J connectivity index is 1.98. The van der Waals surface area contributed by atoms with Crippen LogP contribution in [0.4, 0.5) is 11.4 Å². The van der Waals surface area contributed by atoms with E-state index in [1.54, 1.807) is 4.90 Å². The number of benzene rings is 2. The molecule has 0 aromatic heterocycles. The van der Waals surface area contributed by atoms with Gasteiger partial charge in [-0.15, -0.1) is 0 Å². The van der Waals surface area contributed by atoms with Gasteiger partial charge in [-0.1, -0.05) is 36.4 Å². The van der Waals surface area contributed by atoms with Crippen molar-refractivity contribution in [2.75, 3.05) is 22.0 Å². The van der Waals surface area contributed by atoms with E-state index in [0.717, 1.165) is 35.1 Å². The molecule has 0 unspecified atom stereocenters. The fraction of sp³-hybridized carbons (Fsp3) is 0.350. The molecule has 5 nitrogen and oxygen atoms in total. The Morgan fingerprint density at radius 1 is 1.12 bits per heavy atom. The molecule has 1 aliphatic rings. The first-order valence-electron chi connectivity index (χ1n) is 8.64. The number of nitrogens with zero attached hydrogens (tertiary/aromatic N) is 2. The van der Waals surface area contributed by atoms with E-state index in [2.05, 4.69) is 0 Å². The zero-order valence-electron chi connectivity index (χ0n) is 15.6. The van der Waals surface area contributed by atoms with Crippen LogP contribution in [-0.4, -0.2) is 33.2 Å². The molecule has 1 heterocycles. The molecule has 0 spiro atoms. The maximum absolute atomic E-state index is 13.1. The number of anilines is 2. The summed E-state index contributed by atoms with van der Waals surface area (Å²) in [7, 11) is -3.60. The highest BCUT2D eigenvalue weighted by molar-refractivity contribution is 7.92. The van der Waals surface area contributed by atoms with E-state index < -0.39 is 10.0 Å². The van der Waals surface area contributed by atoms with Crippen molar-refractivity contribution in [3.63, 3.8) is 0 Å². The molecular weight excluding hydrogens is 348 g/mol. The minimum Gasteiger partial charge on any atom is -0.307 e. The predicted molar refractivity (Wildman–Crippen MR) is 105 cm³/mol. The molecule has 0 aliphatic carbocycles. The molecule has 2 aromatic rings. The largest absolute Gasteiger partial charge is 0.307 e. The molecule has 0 saturated carbocycles. The molecule has 0 fully saturated rings. The van der Waals surface area contributed by atoms with E-state index in [1.807, 2.05) is 63.2 Å². The first kappa shape index (κ1) is 18.5. The summed E-state index contributed by atoms with van der Waals surface area (Å²) < 4.78 is 26.2. The van der Waals surface area contributed by atoms with Gasteiger partial charge in [0, 0.05) is 11.7 Å². The number of carbonyl (C=O) groups is 1. The van der Waals surface area contributed by atoms with Crippen molar-refractivity contribution < 1.29 is 13.2 Å². The number of rotatable bonds is 4. The van der Waals surface area contributed by atoms with Crippen LogP contribution in [0.1, 0.15) is 23.6 Å². The first-order chi connectivity index (χ1) is 12.2. The Labute approximate surface area is 155 Å². The predicted octanol–water partition coefficient (Wildman–Crippen LogP) is 3.05. The summed E-state index contributed by atoms with van der Waals surface area (Å²) in [6.07, 6.45) is 1.93. The fourth-order valence-electron chi connectivity index (χ4n) is 3.71. The molecule has 1 amide bonds. The average molecular weight is 372 g/mol. The van der Waals surface area contributed by atoms with Crippen molar-refractivity contribution in [2.24, 2.45) is 0 Å². The van der Waals surface area contributed by atoms with Gasteiger partial charge in [0.2, 0.25) is 15.9 Å². The SMILES string of the molecule is Cc1cccc(C)c1N(CC(=O)N1c2ccccc2C[C@@H]1C)S(C)(=O)=O. The van der Waals surface area contributed by atoms with Gasteiger partial charge in [0.05, 0.1) is 11.9 Å². The molecule has 0 saturated heterocycles. The number of hydrogen-bond acceptors (Lipinski definition) is 3. The molecule has 3 rings (SSSR count). The summed E-state index contributed by atoms with van der Waals surface area (Å²) in [5, 5.41) is 0. The Kier molecular flexibility index (Phi) is 4.80. The van der Waals surface area contributed by atoms with Crippen LogP contribution in [0.3, 0.4) is 0 Å². The van der Waals surface area contributed by atoms with Gasteiger partial charge < -0.3 is 4.90 Å². The number of carbonyl (C=O) groups excluding carboxylic acids is 1. The molecule has 1 aliphatic heterocycles. The summed E-state index contributed by atoms with van der Waals surface area (Å²) in [4.78, 5) is 14.8. The lowest BCUT2D eigenvalue weighted by atomic mass is 10.1. The zero-order chi connectivity index (χ0) is 19.1. The van der Waals surface area contributed by atoms with Gasteiger partial charge in [0.15, 0.2) is 0 Å². The van der Waals surface area contributed by atoms with Crippen LogP contribution in [0, 0.1) is 13.8 Å². The highest BCUT2D eigenvalue weighted by Gasteiger charge is 2.33. The molecular formula is C20H24N2O3S. The Hall–Kier alpha value is -2.34. The lowest BCUT2D eigenvalue weighted by Gasteiger charge is -2.29. The van der Waals surface area contributed by atoms with Crippen molar-refractivity contribution in [1.82, 2.24) is 0 Å². The lowest BCUT2D eigenvalue weighted by molar-refractivity contribution is -0.117. The summed E-state index contributed by atoms with van der Waals surface area (Å²) in [6.45, 7) is 5.50. The van der Waals surface area contributed by atoms with E-state index in [9.17, 15) is 13.2 Å². The van der Waals surface area contributed by atoms with E-state index in [0.29, 0.717) is 5.69 Å². The second kappa shape index (κ2) is 6.76. The topological polar surface area (TPSA) is 57.7 Å². The molecule has 0 bridgehead atoms. The van der Waals surface area contributed by atoms with Crippen LogP contribution in [0.15, 0.2) is 42.5 Å². The summed E-state index contributed by atoms with van der Waals surface area (Å²) >= 11 is 0. The van der Waals surface area contributed by atoms with Crippen molar-refractivity contribution in [1.29, 1.82) is 0 Å². The van der Waals surface area contributed by atoms with Gasteiger partial charge in [-0.2, -0.15) is 0 Å². The number of fused-ring (bicyclic) bond motifs is 1. The molecule has 0 radical (unpaired) electrons. The van der Waals surface area contributed by atoms with Crippen LogP contribution in [-0.2, 0) is 21.2 Å². The van der Waals surface area contributed by atoms with Crippen LogP contribution in [0.2, 0.25) is 0 Å². The van der Waals surface area contributed by atoms with Crippen molar-refractivity contribution in [3.8, 4) is 0 Å². The average Bonchev–Trinajstić information content (AvgIpc) is 2.88. The molecule has 138 valence electrons. The number of aryl methyl sites for hydroxylation is 2. The van der Waals surface area contributed by atoms with Crippen LogP contribution < -0.4 is 9.21 Å². The quantitative estimate of drug-likeness (QED) is 0.829. The molecule has 0 N–H and O–H groups in total. The fourth-order valence-corrected chi connectivity index (χ4v) is 4.67. The normalized spacial score (nSPS) is 16.5. The Bertz CT molecular complexity index is 933. The maximum atomic E-state index is 13.1. The standard InChI is InChI=1S/C20H24N2O3S/c1-14-8-7-9-15(2)20(14)21(26(4,24)25)13-19(23)22-16(3)12-17-10-5-6-11-18(17)22/h5-11,16H,12-13H2,1-4H3/t16-/m0/s1. The van der Waals surface area contributed by atoms with Crippen LogP contribution in [0.25, 0.3) is 0 Å². The summed E-state index contributed by atoms with van der Waals surface area (Å²) in [6, 6.07) is 13.4. The van der Waals surface area contributed by atoms with Crippen molar-refractivity contribution in [2.45, 2.75) is 33.2 Å². The van der Waals surface area contributed by atoms with Gasteiger partial charge in [-0.3, -0.25) is 9.10 Å². The monoisotopic (exact) mass is 372 g/mol.